The van der Waals surface area contributed by atoms with E-state index in [1.165, 1.54) is 16.3 Å². The lowest BCUT2D eigenvalue weighted by Crippen LogP contribution is -2.25. The molecule has 164 valence electrons. The number of ketones is 1. The Labute approximate surface area is 179 Å². The Morgan fingerprint density at radius 2 is 2.17 bits per heavy atom. The molecule has 1 N–H and O–H groups in total. The number of sulfone groups is 1. The van der Waals surface area contributed by atoms with Crippen molar-refractivity contribution in [3.8, 4) is 0 Å². The van der Waals surface area contributed by atoms with E-state index in [-0.39, 0.29) is 40.9 Å². The van der Waals surface area contributed by atoms with Gasteiger partial charge in [-0.3, -0.25) is 9.36 Å². The lowest BCUT2D eigenvalue weighted by molar-refractivity contribution is 0.0941. The summed E-state index contributed by atoms with van der Waals surface area (Å²) in [5.74, 6) is 0.381. The van der Waals surface area contributed by atoms with E-state index in [0.717, 1.165) is 24.2 Å². The molecule has 0 amide bonds. The van der Waals surface area contributed by atoms with E-state index in [1.807, 2.05) is 24.5 Å². The summed E-state index contributed by atoms with van der Waals surface area (Å²) in [6, 6.07) is 1.71. The summed E-state index contributed by atoms with van der Waals surface area (Å²) in [5.41, 5.74) is 1.96. The van der Waals surface area contributed by atoms with Gasteiger partial charge in [0.05, 0.1) is 29.9 Å². The molecule has 0 saturated carbocycles. The predicted molar refractivity (Wildman–Crippen MR) is 113 cm³/mol. The maximum absolute atomic E-state index is 12.9. The Balaban J connectivity index is 1.47. The Hall–Kier alpha value is -1.85. The summed E-state index contributed by atoms with van der Waals surface area (Å²) in [5, 5.41) is 6.98. The van der Waals surface area contributed by atoms with Gasteiger partial charge in [-0.15, -0.1) is 5.10 Å². The second-order valence-electron chi connectivity index (χ2n) is 7.98. The molecule has 0 bridgehead atoms. The van der Waals surface area contributed by atoms with Crippen LogP contribution in [0, 0.1) is 13.8 Å². The fourth-order valence-electron chi connectivity index (χ4n) is 4.37. The molecule has 0 aromatic carbocycles. The van der Waals surface area contributed by atoms with Gasteiger partial charge >= 0.3 is 5.69 Å². The van der Waals surface area contributed by atoms with Crippen LogP contribution in [0.5, 0.6) is 0 Å². The van der Waals surface area contributed by atoms with Gasteiger partial charge in [0.2, 0.25) is 0 Å². The SMILES string of the molecule is Cc1cc(C(=O)CSc2n[nH]c(=O)n2CC2CCCO2)c(C)n1C1CCS(=O)(=O)C1. The van der Waals surface area contributed by atoms with Gasteiger partial charge in [0.1, 0.15) is 0 Å². The molecule has 30 heavy (non-hydrogen) atoms. The highest BCUT2D eigenvalue weighted by atomic mass is 32.2. The molecular weight excluding hydrogens is 428 g/mol. The topological polar surface area (TPSA) is 116 Å². The number of nitrogens with one attached hydrogen (secondary N) is 1. The fourth-order valence-corrected chi connectivity index (χ4v) is 6.91. The zero-order valence-corrected chi connectivity index (χ0v) is 18.7. The summed E-state index contributed by atoms with van der Waals surface area (Å²) in [6.45, 7) is 4.89. The molecule has 0 radical (unpaired) electrons. The van der Waals surface area contributed by atoms with Crippen molar-refractivity contribution in [1.82, 2.24) is 19.3 Å². The first-order valence-electron chi connectivity index (χ1n) is 10.1. The van der Waals surface area contributed by atoms with E-state index >= 15 is 0 Å². The quantitative estimate of drug-likeness (QED) is 0.498. The number of aromatic amines is 1. The van der Waals surface area contributed by atoms with E-state index in [1.54, 1.807) is 0 Å². The maximum atomic E-state index is 12.9. The Kier molecular flexibility index (Phi) is 5.95. The van der Waals surface area contributed by atoms with E-state index in [2.05, 4.69) is 10.2 Å². The third-order valence-corrected chi connectivity index (χ3v) is 8.55. The van der Waals surface area contributed by atoms with Crippen molar-refractivity contribution in [2.45, 2.75) is 57.0 Å². The van der Waals surface area contributed by atoms with Gasteiger partial charge in [0, 0.05) is 29.6 Å². The van der Waals surface area contributed by atoms with Crippen LogP contribution in [0.2, 0.25) is 0 Å². The summed E-state index contributed by atoms with van der Waals surface area (Å²) in [7, 11) is -3.01. The van der Waals surface area contributed by atoms with Crippen LogP contribution >= 0.6 is 11.8 Å². The van der Waals surface area contributed by atoms with Gasteiger partial charge < -0.3 is 9.30 Å². The Bertz CT molecular complexity index is 1110. The Morgan fingerprint density at radius 3 is 2.83 bits per heavy atom. The molecule has 2 fully saturated rings. The lowest BCUT2D eigenvalue weighted by Gasteiger charge is -2.16. The summed E-state index contributed by atoms with van der Waals surface area (Å²) in [6.07, 6.45) is 2.46. The molecule has 2 atom stereocenters. The van der Waals surface area contributed by atoms with Gasteiger partial charge in [0.25, 0.3) is 0 Å². The molecule has 2 aliphatic heterocycles. The van der Waals surface area contributed by atoms with Crippen molar-refractivity contribution in [3.63, 3.8) is 0 Å². The average Bonchev–Trinajstić information content (AvgIpc) is 3.45. The number of aryl methyl sites for hydroxylation is 1. The number of ether oxygens (including phenoxy) is 1. The first-order valence-corrected chi connectivity index (χ1v) is 12.9. The number of hydrogen-bond donors (Lipinski definition) is 1. The summed E-state index contributed by atoms with van der Waals surface area (Å²) >= 11 is 1.22. The monoisotopic (exact) mass is 454 g/mol. The van der Waals surface area contributed by atoms with E-state index in [4.69, 9.17) is 4.74 Å². The molecule has 4 rings (SSSR count). The van der Waals surface area contributed by atoms with Gasteiger partial charge in [-0.1, -0.05) is 11.8 Å². The van der Waals surface area contributed by atoms with Gasteiger partial charge in [-0.2, -0.15) is 0 Å². The highest BCUT2D eigenvalue weighted by molar-refractivity contribution is 7.99. The van der Waals surface area contributed by atoms with Gasteiger partial charge in [-0.25, -0.2) is 18.3 Å². The molecule has 11 heteroatoms. The van der Waals surface area contributed by atoms with Gasteiger partial charge in [0.15, 0.2) is 20.8 Å². The minimum atomic E-state index is -3.01. The zero-order valence-electron chi connectivity index (χ0n) is 17.1. The van der Waals surface area contributed by atoms with Crippen molar-refractivity contribution in [3.05, 3.63) is 33.5 Å². The van der Waals surface area contributed by atoms with Crippen LogP contribution in [-0.2, 0) is 21.1 Å². The molecule has 0 spiro atoms. The molecule has 2 aromatic rings. The smallest absolute Gasteiger partial charge is 0.344 e. The van der Waals surface area contributed by atoms with Gasteiger partial charge in [-0.05, 0) is 39.2 Å². The molecule has 4 heterocycles. The van der Waals surface area contributed by atoms with Crippen LogP contribution in [0.15, 0.2) is 16.0 Å². The van der Waals surface area contributed by atoms with Crippen LogP contribution in [0.1, 0.15) is 47.1 Å². The first-order chi connectivity index (χ1) is 14.2. The molecule has 0 aliphatic carbocycles. The van der Waals surface area contributed by atoms with E-state index < -0.39 is 9.84 Å². The van der Waals surface area contributed by atoms with Crippen molar-refractivity contribution < 1.29 is 17.9 Å². The molecule has 2 aliphatic rings. The molecule has 2 aromatic heterocycles. The van der Waals surface area contributed by atoms with Crippen LogP contribution in [0.3, 0.4) is 0 Å². The predicted octanol–water partition coefficient (Wildman–Crippen LogP) is 1.50. The van der Waals surface area contributed by atoms with Crippen LogP contribution in [0.4, 0.5) is 0 Å². The first kappa shape index (κ1) is 21.4. The molecular formula is C19H26N4O5S2. The third kappa shape index (κ3) is 4.28. The number of Topliss-reactive ketones (excluding diaryl/α,β-unsaturated/α-hetero) is 1. The number of aromatic nitrogens is 4. The second-order valence-corrected chi connectivity index (χ2v) is 11.2. The fraction of sp³-hybridized carbons (Fsp3) is 0.632. The average molecular weight is 455 g/mol. The Morgan fingerprint density at radius 1 is 1.37 bits per heavy atom. The van der Waals surface area contributed by atoms with Crippen molar-refractivity contribution in [2.75, 3.05) is 23.9 Å². The number of carbonyl (C=O) groups excluding carboxylic acids is 1. The molecule has 2 saturated heterocycles. The maximum Gasteiger partial charge on any atom is 0.344 e. The lowest BCUT2D eigenvalue weighted by atomic mass is 10.2. The van der Waals surface area contributed by atoms with Crippen molar-refractivity contribution in [2.24, 2.45) is 0 Å². The largest absolute Gasteiger partial charge is 0.376 e. The minimum absolute atomic E-state index is 0.00281. The van der Waals surface area contributed by atoms with Crippen LogP contribution in [-0.4, -0.2) is 63.5 Å². The highest BCUT2D eigenvalue weighted by Crippen LogP contribution is 2.30. The standard InChI is InChI=1S/C19H26N4O5S2/c1-12-8-16(13(2)23(12)14-5-7-30(26,27)11-14)17(24)10-29-19-21-20-18(25)22(19)9-15-4-3-6-28-15/h8,14-15H,3-7,9-11H2,1-2H3,(H,20,25). The number of nitrogens with zero attached hydrogens (tertiary/aromatic N) is 3. The number of rotatable bonds is 7. The van der Waals surface area contributed by atoms with E-state index in [9.17, 15) is 18.0 Å². The third-order valence-electron chi connectivity index (χ3n) is 5.82. The van der Waals surface area contributed by atoms with Crippen LogP contribution < -0.4 is 5.69 Å². The van der Waals surface area contributed by atoms with Crippen molar-refractivity contribution in [1.29, 1.82) is 0 Å². The number of carbonyl (C=O) groups is 1. The number of thioether (sulfide) groups is 1. The summed E-state index contributed by atoms with van der Waals surface area (Å²) < 4.78 is 32.8. The van der Waals surface area contributed by atoms with Crippen LogP contribution in [0.25, 0.3) is 0 Å². The number of H-pyrrole nitrogens is 1. The van der Waals surface area contributed by atoms with Crippen molar-refractivity contribution >= 4 is 27.4 Å². The number of hydrogen-bond acceptors (Lipinski definition) is 7. The molecule has 9 nitrogen and oxygen atoms in total. The highest BCUT2D eigenvalue weighted by Gasteiger charge is 2.31. The summed E-state index contributed by atoms with van der Waals surface area (Å²) in [4.78, 5) is 25.0. The molecule has 2 unspecified atom stereocenters. The zero-order chi connectivity index (χ0) is 21.5. The second kappa shape index (κ2) is 8.35. The minimum Gasteiger partial charge on any atom is -0.376 e. The van der Waals surface area contributed by atoms with E-state index in [0.29, 0.717) is 30.3 Å². The normalized spacial score (nSPS) is 23.3.